The Kier molecular flexibility index (Phi) is 7.63. The van der Waals surface area contributed by atoms with Crippen molar-refractivity contribution in [2.24, 2.45) is 0 Å². The number of para-hydroxylation sites is 1. The minimum Gasteiger partial charge on any atom is -0.484 e. The Labute approximate surface area is 175 Å². The molecule has 0 fully saturated rings. The number of carbonyl (C=O) groups is 2. The summed E-state index contributed by atoms with van der Waals surface area (Å²) in [6, 6.07) is 16.2. The van der Waals surface area contributed by atoms with E-state index in [-0.39, 0.29) is 24.0 Å². The largest absolute Gasteiger partial charge is 0.484 e. The van der Waals surface area contributed by atoms with Crippen molar-refractivity contribution >= 4 is 27.7 Å². The van der Waals surface area contributed by atoms with Gasteiger partial charge in [0.05, 0.1) is 0 Å². The van der Waals surface area contributed by atoms with E-state index in [1.54, 1.807) is 24.0 Å². The first-order valence-electron chi connectivity index (χ1n) is 9.19. The summed E-state index contributed by atoms with van der Waals surface area (Å²) in [5, 5.41) is 2.94. The third-order valence-electron chi connectivity index (χ3n) is 4.01. The number of rotatable bonds is 7. The van der Waals surface area contributed by atoms with Crippen LogP contribution in [-0.4, -0.2) is 34.9 Å². The highest BCUT2D eigenvalue weighted by atomic mass is 79.9. The first kappa shape index (κ1) is 22.0. The Bertz CT molecular complexity index is 803. The monoisotopic (exact) mass is 446 g/mol. The Balaban J connectivity index is 2.16. The summed E-state index contributed by atoms with van der Waals surface area (Å²) in [6.07, 6.45) is 0. The lowest BCUT2D eigenvalue weighted by molar-refractivity contribution is -0.142. The minimum absolute atomic E-state index is 0.134. The lowest BCUT2D eigenvalue weighted by Gasteiger charge is -2.31. The minimum atomic E-state index is -0.634. The summed E-state index contributed by atoms with van der Waals surface area (Å²) in [6.45, 7) is 7.66. The molecule has 0 radical (unpaired) electrons. The molecule has 1 N–H and O–H groups in total. The Morgan fingerprint density at radius 2 is 1.79 bits per heavy atom. The molecule has 150 valence electrons. The SMILES string of the molecule is C[C@@H](C(=O)NC(C)(C)C)N(Cc1cccc(Br)c1)C(=O)COc1ccccc1. The molecular weight excluding hydrogens is 420 g/mol. The number of amides is 2. The van der Waals surface area contributed by atoms with Crippen LogP contribution in [0.3, 0.4) is 0 Å². The molecule has 0 saturated carbocycles. The second kappa shape index (κ2) is 9.73. The maximum absolute atomic E-state index is 12.9. The lowest BCUT2D eigenvalue weighted by atomic mass is 10.1. The van der Waals surface area contributed by atoms with Crippen molar-refractivity contribution in [2.75, 3.05) is 6.61 Å². The number of carbonyl (C=O) groups excluding carboxylic acids is 2. The molecule has 0 spiro atoms. The van der Waals surface area contributed by atoms with Gasteiger partial charge in [0.1, 0.15) is 11.8 Å². The van der Waals surface area contributed by atoms with Gasteiger partial charge in [0, 0.05) is 16.6 Å². The molecule has 0 saturated heterocycles. The number of halogens is 1. The van der Waals surface area contributed by atoms with Crippen molar-refractivity contribution in [1.29, 1.82) is 0 Å². The van der Waals surface area contributed by atoms with Crippen LogP contribution >= 0.6 is 15.9 Å². The van der Waals surface area contributed by atoms with E-state index in [4.69, 9.17) is 4.74 Å². The van der Waals surface area contributed by atoms with Gasteiger partial charge in [-0.1, -0.05) is 46.3 Å². The van der Waals surface area contributed by atoms with Crippen LogP contribution in [0.25, 0.3) is 0 Å². The van der Waals surface area contributed by atoms with Crippen LogP contribution in [0.2, 0.25) is 0 Å². The van der Waals surface area contributed by atoms with Gasteiger partial charge in [0.15, 0.2) is 6.61 Å². The predicted molar refractivity (Wildman–Crippen MR) is 114 cm³/mol. The molecule has 0 heterocycles. The van der Waals surface area contributed by atoms with Crippen molar-refractivity contribution in [3.8, 4) is 5.75 Å². The van der Waals surface area contributed by atoms with E-state index in [2.05, 4.69) is 21.2 Å². The Hall–Kier alpha value is -2.34. The third kappa shape index (κ3) is 7.00. The zero-order valence-electron chi connectivity index (χ0n) is 16.7. The number of ether oxygens (including phenoxy) is 1. The summed E-state index contributed by atoms with van der Waals surface area (Å²) in [5.41, 5.74) is 0.550. The fourth-order valence-corrected chi connectivity index (χ4v) is 3.08. The molecule has 2 amide bonds. The molecule has 0 aliphatic heterocycles. The van der Waals surface area contributed by atoms with Crippen LogP contribution in [0.5, 0.6) is 5.75 Å². The van der Waals surface area contributed by atoms with Gasteiger partial charge < -0.3 is 15.0 Å². The summed E-state index contributed by atoms with van der Waals surface area (Å²) in [4.78, 5) is 27.2. The quantitative estimate of drug-likeness (QED) is 0.694. The van der Waals surface area contributed by atoms with E-state index in [0.29, 0.717) is 12.3 Å². The predicted octanol–water partition coefficient (Wildman–Crippen LogP) is 4.16. The highest BCUT2D eigenvalue weighted by molar-refractivity contribution is 9.10. The summed E-state index contributed by atoms with van der Waals surface area (Å²) < 4.78 is 6.53. The van der Waals surface area contributed by atoms with Gasteiger partial charge in [0.25, 0.3) is 5.91 Å². The van der Waals surface area contributed by atoms with Crippen molar-refractivity contribution in [1.82, 2.24) is 10.2 Å². The number of hydrogen-bond acceptors (Lipinski definition) is 3. The van der Waals surface area contributed by atoms with E-state index in [1.165, 1.54) is 0 Å². The molecule has 2 aromatic rings. The number of nitrogens with one attached hydrogen (secondary N) is 1. The van der Waals surface area contributed by atoms with Gasteiger partial charge in [-0.3, -0.25) is 9.59 Å². The standard InChI is InChI=1S/C22H27BrN2O3/c1-16(21(27)24-22(2,3)4)25(14-17-9-8-10-18(23)13-17)20(26)15-28-19-11-6-5-7-12-19/h5-13,16H,14-15H2,1-4H3,(H,24,27)/t16-/m0/s1. The van der Waals surface area contributed by atoms with Gasteiger partial charge in [-0.25, -0.2) is 0 Å². The Morgan fingerprint density at radius 1 is 1.11 bits per heavy atom. The van der Waals surface area contributed by atoms with Crippen LogP contribution in [0.1, 0.15) is 33.3 Å². The zero-order valence-corrected chi connectivity index (χ0v) is 18.3. The molecule has 0 unspecified atom stereocenters. The van der Waals surface area contributed by atoms with Crippen LogP contribution in [-0.2, 0) is 16.1 Å². The van der Waals surface area contributed by atoms with Gasteiger partial charge in [0.2, 0.25) is 5.91 Å². The summed E-state index contributed by atoms with van der Waals surface area (Å²) >= 11 is 3.45. The highest BCUT2D eigenvalue weighted by Gasteiger charge is 2.28. The van der Waals surface area contributed by atoms with E-state index >= 15 is 0 Å². The Morgan fingerprint density at radius 3 is 2.39 bits per heavy atom. The smallest absolute Gasteiger partial charge is 0.261 e. The second-order valence-corrected chi connectivity index (χ2v) is 8.58. The van der Waals surface area contributed by atoms with E-state index in [1.807, 2.05) is 63.2 Å². The van der Waals surface area contributed by atoms with E-state index < -0.39 is 6.04 Å². The maximum Gasteiger partial charge on any atom is 0.261 e. The molecule has 5 nitrogen and oxygen atoms in total. The van der Waals surface area contributed by atoms with Crippen molar-refractivity contribution in [3.63, 3.8) is 0 Å². The summed E-state index contributed by atoms with van der Waals surface area (Å²) in [7, 11) is 0. The molecule has 0 aliphatic rings. The van der Waals surface area contributed by atoms with Crippen molar-refractivity contribution in [2.45, 2.75) is 45.8 Å². The van der Waals surface area contributed by atoms with Crippen LogP contribution in [0.4, 0.5) is 0 Å². The average Bonchev–Trinajstić information content (AvgIpc) is 2.63. The third-order valence-corrected chi connectivity index (χ3v) is 4.51. The van der Waals surface area contributed by atoms with Gasteiger partial charge in [-0.2, -0.15) is 0 Å². The molecule has 6 heteroatoms. The molecule has 0 aliphatic carbocycles. The van der Waals surface area contributed by atoms with E-state index in [9.17, 15) is 9.59 Å². The number of benzene rings is 2. The molecular formula is C22H27BrN2O3. The first-order chi connectivity index (χ1) is 13.2. The maximum atomic E-state index is 12.9. The highest BCUT2D eigenvalue weighted by Crippen LogP contribution is 2.16. The normalized spacial score (nSPS) is 12.2. The van der Waals surface area contributed by atoms with E-state index in [0.717, 1.165) is 10.0 Å². The lowest BCUT2D eigenvalue weighted by Crippen LogP contribution is -2.53. The molecule has 1 atom stereocenters. The van der Waals surface area contributed by atoms with Gasteiger partial charge in [-0.05, 0) is 57.5 Å². The van der Waals surface area contributed by atoms with Crippen LogP contribution in [0.15, 0.2) is 59.1 Å². The average molecular weight is 447 g/mol. The van der Waals surface area contributed by atoms with Crippen LogP contribution < -0.4 is 10.1 Å². The van der Waals surface area contributed by atoms with Gasteiger partial charge in [-0.15, -0.1) is 0 Å². The molecule has 2 rings (SSSR count). The first-order valence-corrected chi connectivity index (χ1v) is 9.99. The second-order valence-electron chi connectivity index (χ2n) is 7.67. The van der Waals surface area contributed by atoms with Gasteiger partial charge >= 0.3 is 0 Å². The van der Waals surface area contributed by atoms with Crippen LogP contribution in [0, 0.1) is 0 Å². The molecule has 0 bridgehead atoms. The molecule has 2 aromatic carbocycles. The fraction of sp³-hybridized carbons (Fsp3) is 0.364. The molecule has 0 aromatic heterocycles. The molecule has 28 heavy (non-hydrogen) atoms. The number of nitrogens with zero attached hydrogens (tertiary/aromatic N) is 1. The number of hydrogen-bond donors (Lipinski definition) is 1. The van der Waals surface area contributed by atoms with Crippen molar-refractivity contribution in [3.05, 3.63) is 64.6 Å². The summed E-state index contributed by atoms with van der Waals surface area (Å²) in [5.74, 6) is 0.168. The topological polar surface area (TPSA) is 58.6 Å². The zero-order chi connectivity index (χ0) is 20.7. The van der Waals surface area contributed by atoms with Crippen molar-refractivity contribution < 1.29 is 14.3 Å². The fourth-order valence-electron chi connectivity index (χ4n) is 2.63.